The van der Waals surface area contributed by atoms with Crippen molar-refractivity contribution in [3.05, 3.63) is 87.3 Å². The molecular formula is C32H30ClF2N3O2S. The second-order valence-electron chi connectivity index (χ2n) is 10.6. The largest absolute Gasteiger partial charge is 0.496 e. The number of methoxy groups -OCH3 is 1. The van der Waals surface area contributed by atoms with Crippen LogP contribution in [0.4, 0.5) is 8.78 Å². The van der Waals surface area contributed by atoms with Crippen LogP contribution in [0.1, 0.15) is 46.5 Å². The number of nitrogens with zero attached hydrogens (tertiary/aromatic N) is 3. The van der Waals surface area contributed by atoms with Gasteiger partial charge in [0.2, 0.25) is 0 Å². The van der Waals surface area contributed by atoms with Crippen molar-refractivity contribution in [1.29, 1.82) is 5.26 Å². The van der Waals surface area contributed by atoms with Gasteiger partial charge in [-0.3, -0.25) is 4.79 Å². The molecule has 0 atom stereocenters. The second-order valence-corrected chi connectivity index (χ2v) is 12.0. The summed E-state index contributed by atoms with van der Waals surface area (Å²) >= 11 is 7.46. The molecule has 1 saturated carbocycles. The molecule has 0 radical (unpaired) electrons. The predicted octanol–water partition coefficient (Wildman–Crippen LogP) is 7.90. The van der Waals surface area contributed by atoms with Gasteiger partial charge in [-0.2, -0.15) is 5.26 Å². The summed E-state index contributed by atoms with van der Waals surface area (Å²) in [5.74, 6) is -1.01. The Morgan fingerprint density at radius 1 is 1.02 bits per heavy atom. The molecule has 0 spiro atoms. The summed E-state index contributed by atoms with van der Waals surface area (Å²) in [5.41, 5.74) is 3.08. The molecule has 1 aliphatic carbocycles. The van der Waals surface area contributed by atoms with E-state index in [0.29, 0.717) is 17.4 Å². The first-order valence-electron chi connectivity index (χ1n) is 13.4. The van der Waals surface area contributed by atoms with E-state index in [1.807, 2.05) is 36.4 Å². The minimum absolute atomic E-state index is 0.0339. The molecule has 0 N–H and O–H groups in total. The standard InChI is InChI=1S/C32H30ClF2N3O2S/c1-37(2)23-8-10-24(11-9-23)38(32(39)31-29(33)28-25(34)12-13-26(35)30(28)41-31)18-22-16-21(7-14-27(22)40-3)20-6-4-5-19(15-20)17-36/h4-7,12-16,23-24H,8-11,18H2,1-3H3. The first-order valence-corrected chi connectivity index (χ1v) is 14.6. The Morgan fingerprint density at radius 3 is 2.37 bits per heavy atom. The quantitative estimate of drug-likeness (QED) is 0.219. The molecular weight excluding hydrogens is 564 g/mol. The van der Waals surface area contributed by atoms with Crippen LogP contribution >= 0.6 is 22.9 Å². The first kappa shape index (κ1) is 29.0. The van der Waals surface area contributed by atoms with Crippen LogP contribution in [0.2, 0.25) is 5.02 Å². The summed E-state index contributed by atoms with van der Waals surface area (Å²) in [5, 5.41) is 9.24. The van der Waals surface area contributed by atoms with E-state index in [0.717, 1.165) is 65.8 Å². The molecule has 0 saturated heterocycles. The number of carbonyl (C=O) groups excluding carboxylic acids is 1. The molecule has 1 fully saturated rings. The average molecular weight is 594 g/mol. The maximum atomic E-state index is 14.7. The maximum absolute atomic E-state index is 14.7. The fourth-order valence-corrected chi connectivity index (χ4v) is 7.16. The second kappa shape index (κ2) is 12.2. The van der Waals surface area contributed by atoms with Crippen LogP contribution in [0, 0.1) is 23.0 Å². The van der Waals surface area contributed by atoms with E-state index in [2.05, 4.69) is 25.1 Å². The average Bonchev–Trinajstić information content (AvgIpc) is 3.35. The Bertz CT molecular complexity index is 1640. The van der Waals surface area contributed by atoms with E-state index in [-0.39, 0.29) is 38.5 Å². The summed E-state index contributed by atoms with van der Waals surface area (Å²) in [6.45, 7) is 0.223. The van der Waals surface area contributed by atoms with Crippen molar-refractivity contribution in [2.45, 2.75) is 44.3 Å². The highest BCUT2D eigenvalue weighted by Gasteiger charge is 2.33. The van der Waals surface area contributed by atoms with Crippen molar-refractivity contribution in [2.75, 3.05) is 21.2 Å². The van der Waals surface area contributed by atoms with Gasteiger partial charge in [-0.1, -0.05) is 29.8 Å². The molecule has 9 heteroatoms. The van der Waals surface area contributed by atoms with E-state index < -0.39 is 11.6 Å². The minimum Gasteiger partial charge on any atom is -0.496 e. The molecule has 0 bridgehead atoms. The first-order chi connectivity index (χ1) is 19.7. The highest BCUT2D eigenvalue weighted by Crippen LogP contribution is 2.41. The zero-order chi connectivity index (χ0) is 29.3. The molecule has 1 aliphatic rings. The zero-order valence-electron chi connectivity index (χ0n) is 23.1. The molecule has 5 rings (SSSR count). The summed E-state index contributed by atoms with van der Waals surface area (Å²) < 4.78 is 35.0. The van der Waals surface area contributed by atoms with Crippen molar-refractivity contribution in [2.24, 2.45) is 0 Å². The van der Waals surface area contributed by atoms with Crippen LogP contribution in [0.25, 0.3) is 21.2 Å². The van der Waals surface area contributed by atoms with Gasteiger partial charge in [-0.25, -0.2) is 8.78 Å². The van der Waals surface area contributed by atoms with E-state index in [4.69, 9.17) is 16.3 Å². The Balaban J connectivity index is 1.56. The molecule has 0 unspecified atom stereocenters. The number of fused-ring (bicyclic) bond motifs is 1. The number of benzene rings is 3. The van der Waals surface area contributed by atoms with Gasteiger partial charge >= 0.3 is 0 Å². The van der Waals surface area contributed by atoms with E-state index in [1.54, 1.807) is 18.1 Å². The molecule has 5 nitrogen and oxygen atoms in total. The molecule has 3 aromatic carbocycles. The summed E-state index contributed by atoms with van der Waals surface area (Å²) in [6, 6.07) is 17.6. The Hall–Kier alpha value is -3.51. The lowest BCUT2D eigenvalue weighted by Gasteiger charge is -2.39. The Labute approximate surface area is 247 Å². The highest BCUT2D eigenvalue weighted by molar-refractivity contribution is 7.21. The van der Waals surface area contributed by atoms with Gasteiger partial charge in [0.25, 0.3) is 5.91 Å². The number of halogens is 3. The van der Waals surface area contributed by atoms with Crippen LogP contribution in [0.5, 0.6) is 5.75 Å². The third kappa shape index (κ3) is 5.80. The monoisotopic (exact) mass is 593 g/mol. The predicted molar refractivity (Wildman–Crippen MR) is 160 cm³/mol. The van der Waals surface area contributed by atoms with Gasteiger partial charge in [-0.05, 0) is 87.3 Å². The molecule has 41 heavy (non-hydrogen) atoms. The van der Waals surface area contributed by atoms with Gasteiger partial charge in [-0.15, -0.1) is 11.3 Å². The zero-order valence-corrected chi connectivity index (χ0v) is 24.7. The fraction of sp³-hybridized carbons (Fsp3) is 0.312. The minimum atomic E-state index is -0.659. The van der Waals surface area contributed by atoms with Gasteiger partial charge in [0, 0.05) is 24.2 Å². The van der Waals surface area contributed by atoms with Crippen molar-refractivity contribution in [1.82, 2.24) is 9.80 Å². The van der Waals surface area contributed by atoms with Crippen molar-refractivity contribution >= 4 is 38.9 Å². The molecule has 1 amide bonds. The normalized spacial score (nSPS) is 17.0. The Morgan fingerprint density at radius 2 is 1.71 bits per heavy atom. The molecule has 212 valence electrons. The van der Waals surface area contributed by atoms with Crippen LogP contribution in [0.15, 0.2) is 54.6 Å². The third-order valence-electron chi connectivity index (χ3n) is 7.92. The van der Waals surface area contributed by atoms with Crippen LogP contribution in [-0.2, 0) is 6.54 Å². The van der Waals surface area contributed by atoms with Crippen LogP contribution in [-0.4, -0.2) is 49.0 Å². The molecule has 0 aliphatic heterocycles. The molecule has 1 aromatic heterocycles. The number of ether oxygens (including phenoxy) is 1. The summed E-state index contributed by atoms with van der Waals surface area (Å²) in [6.07, 6.45) is 3.41. The number of thiophene rings is 1. The van der Waals surface area contributed by atoms with Gasteiger partial charge in [0.1, 0.15) is 22.3 Å². The van der Waals surface area contributed by atoms with Crippen molar-refractivity contribution in [3.63, 3.8) is 0 Å². The smallest absolute Gasteiger partial charge is 0.266 e. The summed E-state index contributed by atoms with van der Waals surface area (Å²) in [7, 11) is 5.70. The number of hydrogen-bond donors (Lipinski definition) is 0. The third-order valence-corrected chi connectivity index (χ3v) is 9.60. The summed E-state index contributed by atoms with van der Waals surface area (Å²) in [4.78, 5) is 18.3. The number of carbonyl (C=O) groups is 1. The number of rotatable bonds is 7. The lowest BCUT2D eigenvalue weighted by atomic mass is 9.89. The molecule has 4 aromatic rings. The number of nitriles is 1. The van der Waals surface area contributed by atoms with Crippen molar-refractivity contribution in [3.8, 4) is 22.9 Å². The van der Waals surface area contributed by atoms with E-state index in [1.165, 1.54) is 0 Å². The van der Waals surface area contributed by atoms with Gasteiger partial charge < -0.3 is 14.5 Å². The number of hydrogen-bond acceptors (Lipinski definition) is 5. The van der Waals surface area contributed by atoms with Crippen molar-refractivity contribution < 1.29 is 18.3 Å². The lowest BCUT2D eigenvalue weighted by molar-refractivity contribution is 0.0573. The fourth-order valence-electron chi connectivity index (χ4n) is 5.65. The lowest BCUT2D eigenvalue weighted by Crippen LogP contribution is -2.44. The topological polar surface area (TPSA) is 56.6 Å². The van der Waals surface area contributed by atoms with Gasteiger partial charge in [0.05, 0.1) is 33.9 Å². The van der Waals surface area contributed by atoms with Crippen LogP contribution < -0.4 is 4.74 Å². The van der Waals surface area contributed by atoms with Crippen LogP contribution in [0.3, 0.4) is 0 Å². The molecule has 1 heterocycles. The van der Waals surface area contributed by atoms with E-state index >= 15 is 0 Å². The number of amides is 1. The van der Waals surface area contributed by atoms with E-state index in [9.17, 15) is 18.8 Å². The van der Waals surface area contributed by atoms with Gasteiger partial charge in [0.15, 0.2) is 0 Å². The maximum Gasteiger partial charge on any atom is 0.266 e. The highest BCUT2D eigenvalue weighted by atomic mass is 35.5. The SMILES string of the molecule is COc1ccc(-c2cccc(C#N)c2)cc1CN(C(=O)c1sc2c(F)ccc(F)c2c1Cl)C1CCC(N(C)C)CC1. The Kier molecular flexibility index (Phi) is 8.60.